The summed E-state index contributed by atoms with van der Waals surface area (Å²) in [4.78, 5) is 15.6. The average molecular weight is 291 g/mol. The van der Waals surface area contributed by atoms with Gasteiger partial charge in [-0.25, -0.2) is 13.8 Å². The van der Waals surface area contributed by atoms with E-state index in [0.717, 1.165) is 12.1 Å². The lowest BCUT2D eigenvalue weighted by atomic mass is 10.2. The summed E-state index contributed by atoms with van der Waals surface area (Å²) in [7, 11) is 0. The summed E-state index contributed by atoms with van der Waals surface area (Å²) in [6, 6.07) is 6.84. The lowest BCUT2D eigenvalue weighted by Gasteiger charge is -2.09. The zero-order valence-corrected chi connectivity index (χ0v) is 11.7. The van der Waals surface area contributed by atoms with E-state index in [4.69, 9.17) is 0 Å². The van der Waals surface area contributed by atoms with Gasteiger partial charge in [-0.15, -0.1) is 0 Å². The third-order valence-corrected chi connectivity index (χ3v) is 2.75. The average Bonchev–Trinajstić information content (AvgIpc) is 2.45. The summed E-state index contributed by atoms with van der Waals surface area (Å²) in [5.74, 6) is -1.64. The fourth-order valence-electron chi connectivity index (χ4n) is 1.55. The molecule has 0 saturated carbocycles. The molecule has 0 unspecified atom stereocenters. The summed E-state index contributed by atoms with van der Waals surface area (Å²) in [6.45, 7) is 3.57. The first-order valence-corrected chi connectivity index (χ1v) is 6.44. The number of halogens is 2. The van der Waals surface area contributed by atoms with Gasteiger partial charge in [0.15, 0.2) is 11.6 Å². The van der Waals surface area contributed by atoms with E-state index >= 15 is 0 Å². The van der Waals surface area contributed by atoms with Crippen molar-refractivity contribution in [2.24, 2.45) is 5.92 Å². The molecule has 1 amide bonds. The van der Waals surface area contributed by atoms with E-state index in [2.05, 4.69) is 15.6 Å². The van der Waals surface area contributed by atoms with Gasteiger partial charge < -0.3 is 10.6 Å². The summed E-state index contributed by atoms with van der Waals surface area (Å²) < 4.78 is 25.9. The summed E-state index contributed by atoms with van der Waals surface area (Å²) in [6.07, 6.45) is 1.50. The molecule has 0 bridgehead atoms. The minimum Gasteiger partial charge on any atom is -0.354 e. The van der Waals surface area contributed by atoms with E-state index in [1.165, 1.54) is 12.3 Å². The van der Waals surface area contributed by atoms with Crippen LogP contribution in [0.1, 0.15) is 13.8 Å². The number of carbonyl (C=O) groups excluding carboxylic acids is 1. The SMILES string of the molecule is CC(C)C(=O)Nc1ccc(Nc2ccc(F)c(F)c2)cn1. The van der Waals surface area contributed by atoms with Crippen molar-refractivity contribution < 1.29 is 13.6 Å². The van der Waals surface area contributed by atoms with Crippen LogP contribution in [-0.4, -0.2) is 10.9 Å². The van der Waals surface area contributed by atoms with Gasteiger partial charge in [0.1, 0.15) is 5.82 Å². The van der Waals surface area contributed by atoms with Crippen LogP contribution in [0.25, 0.3) is 0 Å². The molecule has 2 N–H and O–H groups in total. The molecule has 4 nitrogen and oxygen atoms in total. The fraction of sp³-hybridized carbons (Fsp3) is 0.200. The number of rotatable bonds is 4. The standard InChI is InChI=1S/C15H15F2N3O/c1-9(2)15(21)20-14-6-4-11(8-18-14)19-10-3-5-12(16)13(17)7-10/h3-9,19H,1-2H3,(H,18,20,21). The number of amides is 1. The number of benzene rings is 1. The molecule has 1 heterocycles. The number of pyridine rings is 1. The van der Waals surface area contributed by atoms with Gasteiger partial charge in [-0.3, -0.25) is 4.79 Å². The molecule has 0 atom stereocenters. The van der Waals surface area contributed by atoms with Crippen LogP contribution in [-0.2, 0) is 4.79 Å². The highest BCUT2D eigenvalue weighted by atomic mass is 19.2. The van der Waals surface area contributed by atoms with Crippen molar-refractivity contribution in [3.8, 4) is 0 Å². The Labute approximate surface area is 121 Å². The first-order valence-electron chi connectivity index (χ1n) is 6.44. The maximum Gasteiger partial charge on any atom is 0.228 e. The number of nitrogens with zero attached hydrogens (tertiary/aromatic N) is 1. The molecule has 0 aliphatic rings. The van der Waals surface area contributed by atoms with Crippen molar-refractivity contribution in [1.82, 2.24) is 4.98 Å². The van der Waals surface area contributed by atoms with Gasteiger partial charge in [0, 0.05) is 17.7 Å². The molecule has 1 aromatic heterocycles. The van der Waals surface area contributed by atoms with E-state index in [1.54, 1.807) is 26.0 Å². The second-order valence-corrected chi connectivity index (χ2v) is 4.83. The third-order valence-electron chi connectivity index (χ3n) is 2.75. The molecule has 1 aromatic carbocycles. The smallest absolute Gasteiger partial charge is 0.228 e. The molecular formula is C15H15F2N3O. The van der Waals surface area contributed by atoms with Crippen molar-refractivity contribution in [2.75, 3.05) is 10.6 Å². The second kappa shape index (κ2) is 6.30. The minimum atomic E-state index is -0.922. The molecule has 2 rings (SSSR count). The maximum atomic E-state index is 13.1. The fourth-order valence-corrected chi connectivity index (χ4v) is 1.55. The molecule has 21 heavy (non-hydrogen) atoms. The summed E-state index contributed by atoms with van der Waals surface area (Å²) in [5, 5.41) is 5.55. The summed E-state index contributed by atoms with van der Waals surface area (Å²) >= 11 is 0. The molecule has 0 saturated heterocycles. The Hall–Kier alpha value is -2.50. The first kappa shape index (κ1) is 14.9. The highest BCUT2D eigenvalue weighted by molar-refractivity contribution is 5.91. The Morgan fingerprint density at radius 2 is 1.81 bits per heavy atom. The van der Waals surface area contributed by atoms with Gasteiger partial charge in [-0.2, -0.15) is 0 Å². The van der Waals surface area contributed by atoms with Gasteiger partial charge >= 0.3 is 0 Å². The van der Waals surface area contributed by atoms with E-state index < -0.39 is 11.6 Å². The third kappa shape index (κ3) is 3.98. The van der Waals surface area contributed by atoms with Gasteiger partial charge in [0.05, 0.1) is 11.9 Å². The highest BCUT2D eigenvalue weighted by Crippen LogP contribution is 2.19. The Bertz CT molecular complexity index is 642. The lowest BCUT2D eigenvalue weighted by molar-refractivity contribution is -0.118. The van der Waals surface area contributed by atoms with Crippen LogP contribution in [0.2, 0.25) is 0 Å². The normalized spacial score (nSPS) is 10.5. The van der Waals surface area contributed by atoms with Crippen LogP contribution in [0.4, 0.5) is 26.0 Å². The van der Waals surface area contributed by atoms with Crippen LogP contribution < -0.4 is 10.6 Å². The Balaban J connectivity index is 2.05. The predicted octanol–water partition coefficient (Wildman–Crippen LogP) is 3.70. The number of hydrogen-bond donors (Lipinski definition) is 2. The Morgan fingerprint density at radius 3 is 2.38 bits per heavy atom. The van der Waals surface area contributed by atoms with E-state index in [-0.39, 0.29) is 11.8 Å². The monoisotopic (exact) mass is 291 g/mol. The van der Waals surface area contributed by atoms with Crippen molar-refractivity contribution in [2.45, 2.75) is 13.8 Å². The molecule has 2 aromatic rings. The number of hydrogen-bond acceptors (Lipinski definition) is 3. The van der Waals surface area contributed by atoms with Gasteiger partial charge in [-0.1, -0.05) is 13.8 Å². The quantitative estimate of drug-likeness (QED) is 0.903. The number of aromatic nitrogens is 1. The molecule has 0 fully saturated rings. The molecule has 0 spiro atoms. The lowest BCUT2D eigenvalue weighted by Crippen LogP contribution is -2.18. The van der Waals surface area contributed by atoms with E-state index in [9.17, 15) is 13.6 Å². The molecule has 6 heteroatoms. The molecular weight excluding hydrogens is 276 g/mol. The number of anilines is 3. The largest absolute Gasteiger partial charge is 0.354 e. The van der Waals surface area contributed by atoms with Crippen LogP contribution >= 0.6 is 0 Å². The zero-order chi connectivity index (χ0) is 15.4. The van der Waals surface area contributed by atoms with Crippen LogP contribution in [0.5, 0.6) is 0 Å². The molecule has 0 aliphatic heterocycles. The zero-order valence-electron chi connectivity index (χ0n) is 11.7. The van der Waals surface area contributed by atoms with Crippen molar-refractivity contribution >= 4 is 23.1 Å². The van der Waals surface area contributed by atoms with Crippen molar-refractivity contribution in [3.63, 3.8) is 0 Å². The van der Waals surface area contributed by atoms with Crippen molar-refractivity contribution in [3.05, 3.63) is 48.2 Å². The minimum absolute atomic E-state index is 0.121. The summed E-state index contributed by atoms with van der Waals surface area (Å²) in [5.41, 5.74) is 1.01. The Morgan fingerprint density at radius 1 is 1.10 bits per heavy atom. The van der Waals surface area contributed by atoms with E-state index in [0.29, 0.717) is 17.2 Å². The van der Waals surface area contributed by atoms with Gasteiger partial charge in [0.25, 0.3) is 0 Å². The Kier molecular flexibility index (Phi) is 4.47. The predicted molar refractivity (Wildman–Crippen MR) is 77.3 cm³/mol. The molecule has 0 aliphatic carbocycles. The maximum absolute atomic E-state index is 13.1. The molecule has 110 valence electrons. The second-order valence-electron chi connectivity index (χ2n) is 4.83. The number of carbonyl (C=O) groups is 1. The highest BCUT2D eigenvalue weighted by Gasteiger charge is 2.08. The first-order chi connectivity index (χ1) is 9.95. The van der Waals surface area contributed by atoms with Crippen LogP contribution in [0, 0.1) is 17.6 Å². The van der Waals surface area contributed by atoms with Gasteiger partial charge in [-0.05, 0) is 24.3 Å². The van der Waals surface area contributed by atoms with Gasteiger partial charge in [0.2, 0.25) is 5.91 Å². The van der Waals surface area contributed by atoms with E-state index in [1.807, 2.05) is 0 Å². The van der Waals surface area contributed by atoms with Crippen LogP contribution in [0.3, 0.4) is 0 Å². The van der Waals surface area contributed by atoms with Crippen molar-refractivity contribution in [1.29, 1.82) is 0 Å². The van der Waals surface area contributed by atoms with Crippen LogP contribution in [0.15, 0.2) is 36.5 Å². The number of nitrogens with one attached hydrogen (secondary N) is 2. The topological polar surface area (TPSA) is 54.0 Å². The molecule has 0 radical (unpaired) electrons.